The molecule has 1 aliphatic rings. The summed E-state index contributed by atoms with van der Waals surface area (Å²) in [6, 6.07) is 1.75. The largest absolute Gasteiger partial charge is 0.343 e. The number of carbonyl (C=O) groups excluding carboxylic acids is 1. The summed E-state index contributed by atoms with van der Waals surface area (Å²) in [6.07, 6.45) is 3.88. The van der Waals surface area contributed by atoms with Crippen molar-refractivity contribution in [3.8, 4) is 0 Å². The van der Waals surface area contributed by atoms with Crippen LogP contribution in [-0.4, -0.2) is 47.9 Å². The molecule has 1 fully saturated rings. The second-order valence-electron chi connectivity index (χ2n) is 5.83. The fourth-order valence-corrected chi connectivity index (χ4v) is 2.41. The van der Waals surface area contributed by atoms with E-state index in [1.807, 2.05) is 11.9 Å². The Morgan fingerprint density at radius 2 is 1.76 bits per heavy atom. The third kappa shape index (κ3) is 3.98. The normalized spacial score (nSPS) is 21.1. The van der Waals surface area contributed by atoms with E-state index in [0.29, 0.717) is 18.0 Å². The molecule has 100 valence electrons. The van der Waals surface area contributed by atoms with Crippen molar-refractivity contribution in [1.29, 1.82) is 0 Å². The Bertz CT molecular complexity index is 263. The molecule has 0 heterocycles. The molecule has 0 aromatic rings. The van der Waals surface area contributed by atoms with Crippen molar-refractivity contribution in [2.75, 3.05) is 14.1 Å². The zero-order chi connectivity index (χ0) is 13.2. The van der Waals surface area contributed by atoms with E-state index in [4.69, 9.17) is 0 Å². The summed E-state index contributed by atoms with van der Waals surface area (Å²) in [5.41, 5.74) is 0. The SMILES string of the molecule is CC(=O)N(C)C(C)C(C)CC(C)N(C)C1CC1. The van der Waals surface area contributed by atoms with Gasteiger partial charge in [-0.2, -0.15) is 0 Å². The zero-order valence-electron chi connectivity index (χ0n) is 12.2. The quantitative estimate of drug-likeness (QED) is 0.711. The van der Waals surface area contributed by atoms with Gasteiger partial charge in [-0.25, -0.2) is 0 Å². The summed E-state index contributed by atoms with van der Waals surface area (Å²) in [4.78, 5) is 15.7. The molecule has 1 rings (SSSR count). The van der Waals surface area contributed by atoms with Crippen molar-refractivity contribution in [2.24, 2.45) is 5.92 Å². The van der Waals surface area contributed by atoms with E-state index in [1.165, 1.54) is 12.8 Å². The van der Waals surface area contributed by atoms with Gasteiger partial charge < -0.3 is 9.80 Å². The lowest BCUT2D eigenvalue weighted by Crippen LogP contribution is -2.41. The molecule has 1 saturated carbocycles. The molecule has 0 radical (unpaired) electrons. The van der Waals surface area contributed by atoms with Crippen LogP contribution in [0.3, 0.4) is 0 Å². The third-order valence-corrected chi connectivity index (χ3v) is 4.46. The van der Waals surface area contributed by atoms with Crippen LogP contribution in [0.4, 0.5) is 0 Å². The Morgan fingerprint density at radius 1 is 1.24 bits per heavy atom. The smallest absolute Gasteiger partial charge is 0.219 e. The van der Waals surface area contributed by atoms with Crippen LogP contribution < -0.4 is 0 Å². The van der Waals surface area contributed by atoms with E-state index in [2.05, 4.69) is 32.7 Å². The summed E-state index contributed by atoms with van der Waals surface area (Å²) in [6.45, 7) is 8.34. The van der Waals surface area contributed by atoms with Gasteiger partial charge in [0.25, 0.3) is 0 Å². The Balaban J connectivity index is 2.41. The van der Waals surface area contributed by atoms with Gasteiger partial charge in [0.1, 0.15) is 0 Å². The Kier molecular flexibility index (Phi) is 4.99. The van der Waals surface area contributed by atoms with E-state index >= 15 is 0 Å². The number of rotatable bonds is 6. The molecule has 0 aliphatic heterocycles. The zero-order valence-corrected chi connectivity index (χ0v) is 12.2. The van der Waals surface area contributed by atoms with Gasteiger partial charge in [0.2, 0.25) is 5.91 Å². The van der Waals surface area contributed by atoms with Gasteiger partial charge in [-0.1, -0.05) is 6.92 Å². The first-order valence-corrected chi connectivity index (χ1v) is 6.80. The summed E-state index contributed by atoms with van der Waals surface area (Å²) in [5.74, 6) is 0.702. The van der Waals surface area contributed by atoms with Crippen molar-refractivity contribution in [1.82, 2.24) is 9.80 Å². The van der Waals surface area contributed by atoms with Gasteiger partial charge in [0.15, 0.2) is 0 Å². The lowest BCUT2D eigenvalue weighted by Gasteiger charge is -2.33. The molecule has 3 unspecified atom stereocenters. The van der Waals surface area contributed by atoms with Crippen molar-refractivity contribution < 1.29 is 4.79 Å². The number of hydrogen-bond donors (Lipinski definition) is 0. The average Bonchev–Trinajstić information content (AvgIpc) is 3.09. The molecule has 1 aliphatic carbocycles. The monoisotopic (exact) mass is 240 g/mol. The van der Waals surface area contributed by atoms with Gasteiger partial charge >= 0.3 is 0 Å². The lowest BCUT2D eigenvalue weighted by molar-refractivity contribution is -0.130. The van der Waals surface area contributed by atoms with Gasteiger partial charge in [0.05, 0.1) is 0 Å². The van der Waals surface area contributed by atoms with Crippen LogP contribution >= 0.6 is 0 Å². The molecule has 3 nitrogen and oxygen atoms in total. The highest BCUT2D eigenvalue weighted by Gasteiger charge is 2.30. The molecule has 0 saturated heterocycles. The van der Waals surface area contributed by atoms with Crippen molar-refractivity contribution in [2.45, 2.75) is 65.1 Å². The van der Waals surface area contributed by atoms with Gasteiger partial charge in [-0.15, -0.1) is 0 Å². The molecule has 1 amide bonds. The molecular formula is C14H28N2O. The van der Waals surface area contributed by atoms with Crippen LogP contribution in [-0.2, 0) is 4.79 Å². The maximum absolute atomic E-state index is 11.3. The maximum Gasteiger partial charge on any atom is 0.219 e. The Labute approximate surface area is 106 Å². The summed E-state index contributed by atoms with van der Waals surface area (Å²) < 4.78 is 0. The standard InChI is InChI=1S/C14H28N2O/c1-10(12(3)16(6)13(4)17)9-11(2)15(5)14-7-8-14/h10-12,14H,7-9H2,1-6H3. The molecule has 0 aromatic heterocycles. The number of carbonyl (C=O) groups is 1. The molecular weight excluding hydrogens is 212 g/mol. The van der Waals surface area contributed by atoms with Crippen molar-refractivity contribution in [3.63, 3.8) is 0 Å². The second-order valence-corrected chi connectivity index (χ2v) is 5.83. The van der Waals surface area contributed by atoms with Crippen LogP contribution in [0.1, 0.15) is 47.0 Å². The van der Waals surface area contributed by atoms with Crippen LogP contribution in [0, 0.1) is 5.92 Å². The second kappa shape index (κ2) is 5.85. The van der Waals surface area contributed by atoms with Crippen LogP contribution in [0.2, 0.25) is 0 Å². The van der Waals surface area contributed by atoms with E-state index in [0.717, 1.165) is 12.5 Å². The fraction of sp³-hybridized carbons (Fsp3) is 0.929. The van der Waals surface area contributed by atoms with E-state index in [9.17, 15) is 4.79 Å². The lowest BCUT2D eigenvalue weighted by atomic mass is 9.94. The van der Waals surface area contributed by atoms with Crippen molar-refractivity contribution in [3.05, 3.63) is 0 Å². The summed E-state index contributed by atoms with van der Waals surface area (Å²) in [7, 11) is 4.13. The van der Waals surface area contributed by atoms with E-state index in [-0.39, 0.29) is 5.91 Å². The van der Waals surface area contributed by atoms with Crippen LogP contribution in [0.5, 0.6) is 0 Å². The van der Waals surface area contributed by atoms with Crippen LogP contribution in [0.25, 0.3) is 0 Å². The number of amides is 1. The Hall–Kier alpha value is -0.570. The minimum atomic E-state index is 0.160. The molecule has 0 N–H and O–H groups in total. The van der Waals surface area contributed by atoms with Gasteiger partial charge in [-0.05, 0) is 46.1 Å². The predicted molar refractivity (Wildman–Crippen MR) is 71.9 cm³/mol. The van der Waals surface area contributed by atoms with E-state index in [1.54, 1.807) is 6.92 Å². The van der Waals surface area contributed by atoms with Gasteiger partial charge in [0, 0.05) is 32.1 Å². The molecule has 0 aromatic carbocycles. The van der Waals surface area contributed by atoms with Gasteiger partial charge in [-0.3, -0.25) is 4.79 Å². The average molecular weight is 240 g/mol. The molecule has 3 heteroatoms. The maximum atomic E-state index is 11.3. The highest BCUT2D eigenvalue weighted by molar-refractivity contribution is 5.73. The van der Waals surface area contributed by atoms with Crippen LogP contribution in [0.15, 0.2) is 0 Å². The van der Waals surface area contributed by atoms with E-state index < -0.39 is 0 Å². The molecule has 3 atom stereocenters. The minimum Gasteiger partial charge on any atom is -0.343 e. The van der Waals surface area contributed by atoms with Crippen molar-refractivity contribution >= 4 is 5.91 Å². The minimum absolute atomic E-state index is 0.160. The Morgan fingerprint density at radius 3 is 2.18 bits per heavy atom. The molecule has 0 bridgehead atoms. The highest BCUT2D eigenvalue weighted by Crippen LogP contribution is 2.29. The topological polar surface area (TPSA) is 23.6 Å². The first-order valence-electron chi connectivity index (χ1n) is 6.80. The third-order valence-electron chi connectivity index (χ3n) is 4.46. The fourth-order valence-electron chi connectivity index (χ4n) is 2.41. The number of nitrogens with zero attached hydrogens (tertiary/aromatic N) is 2. The first-order chi connectivity index (χ1) is 7.84. The summed E-state index contributed by atoms with van der Waals surface area (Å²) >= 11 is 0. The highest BCUT2D eigenvalue weighted by atomic mass is 16.2. The molecule has 17 heavy (non-hydrogen) atoms. The predicted octanol–water partition coefficient (Wildman–Crippen LogP) is 2.36. The first kappa shape index (κ1) is 14.5. The number of hydrogen-bond acceptors (Lipinski definition) is 2. The molecule has 0 spiro atoms. The summed E-state index contributed by atoms with van der Waals surface area (Å²) in [5, 5.41) is 0.